The zero-order chi connectivity index (χ0) is 24.2. The van der Waals surface area contributed by atoms with Gasteiger partial charge in [0, 0.05) is 43.2 Å². The highest BCUT2D eigenvalue weighted by Crippen LogP contribution is 2.32. The summed E-state index contributed by atoms with van der Waals surface area (Å²) in [5, 5.41) is 3.02. The largest absolute Gasteiger partial charge is 0.337 e. The van der Waals surface area contributed by atoms with E-state index in [4.69, 9.17) is 4.98 Å². The number of likely N-dealkylation sites (N-methyl/N-ethyl adjacent to an activating group) is 1. The molecule has 3 heterocycles. The van der Waals surface area contributed by atoms with Gasteiger partial charge in [-0.15, -0.1) is 0 Å². The molecule has 1 aliphatic rings. The number of carbonyl (C=O) groups is 2. The molecule has 0 radical (unpaired) electrons. The van der Waals surface area contributed by atoms with Crippen LogP contribution in [0.25, 0.3) is 11.0 Å². The third kappa shape index (κ3) is 5.17. The number of fused-ring (bicyclic) bond motifs is 1. The Bertz CT molecular complexity index is 1230. The topological polar surface area (TPSA) is 83.4 Å². The third-order valence-corrected chi connectivity index (χ3v) is 6.10. The highest BCUT2D eigenvalue weighted by molar-refractivity contribution is 6.04. The first-order chi connectivity index (χ1) is 16.3. The minimum atomic E-state index is -0.227. The number of aryl methyl sites for hydroxylation is 2. The molecule has 0 aliphatic carbocycles. The Labute approximate surface area is 200 Å². The summed E-state index contributed by atoms with van der Waals surface area (Å²) in [6.07, 6.45) is 6.98. The number of carbonyl (C=O) groups excluding carboxylic acids is 2. The van der Waals surface area contributed by atoms with Crippen LogP contribution in [0.5, 0.6) is 0 Å². The minimum Gasteiger partial charge on any atom is -0.337 e. The number of anilines is 1. The van der Waals surface area contributed by atoms with Gasteiger partial charge in [0.1, 0.15) is 0 Å². The van der Waals surface area contributed by atoms with Gasteiger partial charge >= 0.3 is 0 Å². The highest BCUT2D eigenvalue weighted by atomic mass is 16.2. The number of piperidine rings is 1. The number of hydrogen-bond acceptors (Lipinski definition) is 5. The maximum Gasteiger partial charge on any atom is 0.258 e. The van der Waals surface area contributed by atoms with E-state index in [0.29, 0.717) is 18.1 Å². The number of aromatic nitrogens is 3. The van der Waals surface area contributed by atoms with E-state index in [1.807, 2.05) is 62.0 Å². The van der Waals surface area contributed by atoms with Crippen LogP contribution in [0.1, 0.15) is 40.5 Å². The van der Waals surface area contributed by atoms with Gasteiger partial charge in [-0.25, -0.2) is 4.98 Å². The molecular weight excluding hydrogens is 428 g/mol. The van der Waals surface area contributed by atoms with Gasteiger partial charge in [0.2, 0.25) is 11.9 Å². The van der Waals surface area contributed by atoms with E-state index in [1.54, 1.807) is 24.4 Å². The molecule has 2 amide bonds. The van der Waals surface area contributed by atoms with Crippen LogP contribution >= 0.6 is 0 Å². The highest BCUT2D eigenvalue weighted by Gasteiger charge is 2.28. The lowest BCUT2D eigenvalue weighted by Crippen LogP contribution is -2.40. The van der Waals surface area contributed by atoms with Gasteiger partial charge in [-0.3, -0.25) is 19.9 Å². The summed E-state index contributed by atoms with van der Waals surface area (Å²) >= 11 is 0. The average molecular weight is 461 g/mol. The predicted molar refractivity (Wildman–Crippen MR) is 134 cm³/mol. The zero-order valence-corrected chi connectivity index (χ0v) is 20.3. The van der Waals surface area contributed by atoms with Crippen LogP contribution in [-0.4, -0.2) is 69.9 Å². The van der Waals surface area contributed by atoms with Crippen molar-refractivity contribution in [3.8, 4) is 0 Å². The Morgan fingerprint density at radius 2 is 2.06 bits per heavy atom. The Morgan fingerprint density at radius 1 is 1.24 bits per heavy atom. The molecule has 3 aromatic rings. The van der Waals surface area contributed by atoms with Crippen LogP contribution in [-0.2, 0) is 4.79 Å². The molecule has 1 aromatic carbocycles. The van der Waals surface area contributed by atoms with Crippen LogP contribution in [0.15, 0.2) is 48.7 Å². The van der Waals surface area contributed by atoms with Gasteiger partial charge in [0.25, 0.3) is 5.91 Å². The molecule has 4 rings (SSSR count). The van der Waals surface area contributed by atoms with Gasteiger partial charge in [-0.05, 0) is 64.5 Å². The van der Waals surface area contributed by atoms with Gasteiger partial charge < -0.3 is 14.4 Å². The monoisotopic (exact) mass is 460 g/mol. The number of likely N-dealkylation sites (tertiary alicyclic amines) is 1. The normalized spacial score (nSPS) is 16.5. The van der Waals surface area contributed by atoms with E-state index >= 15 is 0 Å². The van der Waals surface area contributed by atoms with Gasteiger partial charge in [0.15, 0.2) is 0 Å². The van der Waals surface area contributed by atoms with Crippen LogP contribution in [0.3, 0.4) is 0 Å². The molecule has 34 heavy (non-hydrogen) atoms. The molecule has 0 spiro atoms. The standard InChI is InChI=1S/C26H32N6O2/c1-18-8-5-10-22-24(18)32(26(28-22)29-25(34)20-12-13-27-19(2)16-20)21-9-6-15-31(17-21)23(33)11-7-14-30(3)4/h5,7-8,10-13,16,21H,6,9,14-15,17H2,1-4H3,(H,28,29,34)/b11-7+/t21-/m1/s1. The lowest BCUT2D eigenvalue weighted by molar-refractivity contribution is -0.127. The summed E-state index contributed by atoms with van der Waals surface area (Å²) < 4.78 is 2.11. The number of hydrogen-bond donors (Lipinski definition) is 1. The first kappa shape index (κ1) is 23.6. The van der Waals surface area contributed by atoms with Crippen molar-refractivity contribution in [1.82, 2.24) is 24.3 Å². The third-order valence-electron chi connectivity index (χ3n) is 6.10. The van der Waals surface area contributed by atoms with Gasteiger partial charge in [-0.1, -0.05) is 18.2 Å². The molecule has 1 fully saturated rings. The summed E-state index contributed by atoms with van der Waals surface area (Å²) in [4.78, 5) is 38.7. The average Bonchev–Trinajstić information content (AvgIpc) is 3.18. The number of rotatable bonds is 6. The maximum absolute atomic E-state index is 13.0. The smallest absolute Gasteiger partial charge is 0.258 e. The van der Waals surface area contributed by atoms with E-state index in [2.05, 4.69) is 14.9 Å². The van der Waals surface area contributed by atoms with E-state index in [1.165, 1.54) is 0 Å². The molecule has 1 N–H and O–H groups in total. The predicted octanol–water partition coefficient (Wildman–Crippen LogP) is 3.58. The lowest BCUT2D eigenvalue weighted by Gasteiger charge is -2.34. The van der Waals surface area contributed by atoms with E-state index in [-0.39, 0.29) is 17.9 Å². The Morgan fingerprint density at radius 3 is 2.82 bits per heavy atom. The Hall–Kier alpha value is -3.52. The number of nitrogens with one attached hydrogen (secondary N) is 1. The lowest BCUT2D eigenvalue weighted by atomic mass is 10.0. The zero-order valence-electron chi connectivity index (χ0n) is 20.3. The second-order valence-electron chi connectivity index (χ2n) is 9.13. The fourth-order valence-corrected chi connectivity index (χ4v) is 4.46. The van der Waals surface area contributed by atoms with E-state index in [0.717, 1.165) is 48.2 Å². The van der Waals surface area contributed by atoms with Crippen molar-refractivity contribution in [2.75, 3.05) is 39.0 Å². The number of imidazole rings is 1. The minimum absolute atomic E-state index is 0.0144. The molecule has 0 unspecified atom stereocenters. The first-order valence-corrected chi connectivity index (χ1v) is 11.6. The summed E-state index contributed by atoms with van der Waals surface area (Å²) in [5.41, 5.74) is 4.22. The quantitative estimate of drug-likeness (QED) is 0.569. The van der Waals surface area contributed by atoms with Crippen molar-refractivity contribution in [2.45, 2.75) is 32.7 Å². The molecular formula is C26H32N6O2. The fourth-order valence-electron chi connectivity index (χ4n) is 4.46. The van der Waals surface area contributed by atoms with Crippen LogP contribution < -0.4 is 5.32 Å². The van der Waals surface area contributed by atoms with Crippen molar-refractivity contribution in [1.29, 1.82) is 0 Å². The number of pyridine rings is 1. The maximum atomic E-state index is 13.0. The SMILES string of the molecule is Cc1cc(C(=O)Nc2nc3cccc(C)c3n2[C@@H]2CCCN(C(=O)/C=C/CN(C)C)C2)ccn1. The summed E-state index contributed by atoms with van der Waals surface area (Å²) in [7, 11) is 3.95. The fraction of sp³-hybridized carbons (Fsp3) is 0.385. The molecule has 2 aromatic heterocycles. The molecule has 0 bridgehead atoms. The van der Waals surface area contributed by atoms with E-state index < -0.39 is 0 Å². The van der Waals surface area contributed by atoms with Crippen LogP contribution in [0, 0.1) is 13.8 Å². The number of nitrogens with zero attached hydrogens (tertiary/aromatic N) is 5. The molecule has 1 atom stereocenters. The number of para-hydroxylation sites is 1. The molecule has 178 valence electrons. The molecule has 8 nitrogen and oxygen atoms in total. The van der Waals surface area contributed by atoms with Gasteiger partial charge in [-0.2, -0.15) is 0 Å². The molecule has 8 heteroatoms. The Balaban J connectivity index is 1.65. The summed E-state index contributed by atoms with van der Waals surface area (Å²) in [6.45, 7) is 5.93. The van der Waals surface area contributed by atoms with Crippen molar-refractivity contribution in [2.24, 2.45) is 0 Å². The van der Waals surface area contributed by atoms with E-state index in [9.17, 15) is 9.59 Å². The Kier molecular flexibility index (Phi) is 7.07. The second-order valence-corrected chi connectivity index (χ2v) is 9.13. The summed E-state index contributed by atoms with van der Waals surface area (Å²) in [5.74, 6) is 0.298. The second kappa shape index (κ2) is 10.2. The molecule has 1 aliphatic heterocycles. The first-order valence-electron chi connectivity index (χ1n) is 11.6. The summed E-state index contributed by atoms with van der Waals surface area (Å²) in [6, 6.07) is 9.45. The number of amides is 2. The van der Waals surface area contributed by atoms with Gasteiger partial charge in [0.05, 0.1) is 17.1 Å². The van der Waals surface area contributed by atoms with Crippen LogP contribution in [0.4, 0.5) is 5.95 Å². The van der Waals surface area contributed by atoms with Crippen LogP contribution in [0.2, 0.25) is 0 Å². The van der Waals surface area contributed by atoms with Crippen molar-refractivity contribution < 1.29 is 9.59 Å². The molecule has 0 saturated carbocycles. The van der Waals surface area contributed by atoms with Crippen molar-refractivity contribution in [3.05, 3.63) is 65.5 Å². The van der Waals surface area contributed by atoms with Crippen molar-refractivity contribution in [3.63, 3.8) is 0 Å². The number of benzene rings is 1. The van der Waals surface area contributed by atoms with Crippen molar-refractivity contribution >= 4 is 28.8 Å². The molecule has 1 saturated heterocycles.